The van der Waals surface area contributed by atoms with Crippen LogP contribution in [0.15, 0.2) is 24.3 Å². The lowest BCUT2D eigenvalue weighted by atomic mass is 10.0. The Bertz CT molecular complexity index is 753. The molecule has 1 aromatic rings. The lowest BCUT2D eigenvalue weighted by Crippen LogP contribution is -2.45. The van der Waals surface area contributed by atoms with Gasteiger partial charge in [-0.05, 0) is 43.9 Å². The lowest BCUT2D eigenvalue weighted by molar-refractivity contribution is -0.134. The van der Waals surface area contributed by atoms with E-state index < -0.39 is 15.3 Å². The van der Waals surface area contributed by atoms with Crippen molar-refractivity contribution >= 4 is 27.3 Å². The molecule has 1 atom stereocenters. The average molecular weight is 336 g/mol. The smallest absolute Gasteiger partial charge is 0.240 e. The van der Waals surface area contributed by atoms with Crippen LogP contribution >= 0.6 is 0 Å². The van der Waals surface area contributed by atoms with E-state index >= 15 is 0 Å². The van der Waals surface area contributed by atoms with E-state index in [1.54, 1.807) is 6.07 Å². The van der Waals surface area contributed by atoms with Gasteiger partial charge in [0, 0.05) is 11.7 Å². The topological polar surface area (TPSA) is 92.3 Å². The molecular formula is C16H20N2O4S. The molecule has 0 aromatic heterocycles. The fraction of sp³-hybridized carbons (Fsp3) is 0.500. The number of hydrogen-bond donors (Lipinski definition) is 2. The van der Waals surface area contributed by atoms with E-state index in [-0.39, 0.29) is 29.4 Å². The molecule has 7 heteroatoms. The number of hydrogen-bond acceptors (Lipinski definition) is 4. The summed E-state index contributed by atoms with van der Waals surface area (Å²) in [5, 5.41) is 5.53. The van der Waals surface area contributed by atoms with E-state index in [1.807, 2.05) is 25.1 Å². The van der Waals surface area contributed by atoms with Gasteiger partial charge in [-0.3, -0.25) is 9.59 Å². The largest absolute Gasteiger partial charge is 0.351 e. The van der Waals surface area contributed by atoms with Gasteiger partial charge in [-0.2, -0.15) is 0 Å². The van der Waals surface area contributed by atoms with Crippen molar-refractivity contribution in [3.05, 3.63) is 29.8 Å². The molecule has 1 aliphatic heterocycles. The molecule has 2 N–H and O–H groups in total. The first-order valence-corrected chi connectivity index (χ1v) is 9.52. The number of carbonyl (C=O) groups excluding carboxylic acids is 2. The van der Waals surface area contributed by atoms with Crippen LogP contribution in [0.3, 0.4) is 0 Å². The molecule has 23 heavy (non-hydrogen) atoms. The van der Waals surface area contributed by atoms with Crippen LogP contribution in [0.2, 0.25) is 0 Å². The molecule has 0 radical (unpaired) electrons. The van der Waals surface area contributed by atoms with Crippen molar-refractivity contribution in [1.82, 2.24) is 5.32 Å². The van der Waals surface area contributed by atoms with Crippen molar-refractivity contribution in [2.45, 2.75) is 32.2 Å². The number of sulfone groups is 1. The minimum atomic E-state index is -3.06. The van der Waals surface area contributed by atoms with Crippen molar-refractivity contribution in [2.75, 3.05) is 16.8 Å². The van der Waals surface area contributed by atoms with Gasteiger partial charge in [0.25, 0.3) is 0 Å². The summed E-state index contributed by atoms with van der Waals surface area (Å²) in [6.45, 7) is 1.93. The third-order valence-electron chi connectivity index (χ3n) is 4.46. The maximum Gasteiger partial charge on any atom is 0.240 e. The monoisotopic (exact) mass is 336 g/mol. The van der Waals surface area contributed by atoms with Crippen LogP contribution in [0.4, 0.5) is 5.69 Å². The first-order valence-electron chi connectivity index (χ1n) is 7.70. The molecule has 1 aromatic carbocycles. The molecule has 1 saturated heterocycles. The van der Waals surface area contributed by atoms with E-state index in [4.69, 9.17) is 0 Å². The van der Waals surface area contributed by atoms with Crippen LogP contribution in [0, 0.1) is 12.3 Å². The molecule has 1 aliphatic carbocycles. The molecule has 2 amide bonds. The second kappa shape index (κ2) is 5.63. The zero-order chi connectivity index (χ0) is 16.7. The molecule has 2 fully saturated rings. The molecule has 124 valence electrons. The number of carbonyl (C=O) groups is 2. The van der Waals surface area contributed by atoms with Gasteiger partial charge in [-0.15, -0.1) is 0 Å². The Kier molecular flexibility index (Phi) is 3.91. The molecule has 2 aliphatic rings. The molecular weight excluding hydrogens is 316 g/mol. The summed E-state index contributed by atoms with van der Waals surface area (Å²) in [5.74, 6) is -0.611. The molecule has 1 heterocycles. The summed E-state index contributed by atoms with van der Waals surface area (Å²) < 4.78 is 22.9. The van der Waals surface area contributed by atoms with Gasteiger partial charge in [-0.25, -0.2) is 8.42 Å². The summed E-state index contributed by atoms with van der Waals surface area (Å²) in [5.41, 5.74) is 0.640. The Balaban J connectivity index is 1.64. The van der Waals surface area contributed by atoms with Crippen LogP contribution in [0.5, 0.6) is 0 Å². The standard InChI is InChI=1S/C16H20N2O4S/c1-11-3-2-4-12(9-11)17-14(19)16(6-7-16)15(20)18-13-5-8-23(21,22)10-13/h2-4,9,13H,5-8,10H2,1H3,(H,17,19)(H,18,20). The highest BCUT2D eigenvalue weighted by Gasteiger charge is 2.57. The Labute approximate surface area is 135 Å². The molecule has 1 saturated carbocycles. The number of anilines is 1. The number of benzene rings is 1. The van der Waals surface area contributed by atoms with Crippen molar-refractivity contribution in [1.29, 1.82) is 0 Å². The van der Waals surface area contributed by atoms with Crippen molar-refractivity contribution in [3.8, 4) is 0 Å². The first-order chi connectivity index (χ1) is 10.8. The van der Waals surface area contributed by atoms with Gasteiger partial charge >= 0.3 is 0 Å². The Morgan fingerprint density at radius 2 is 1.96 bits per heavy atom. The van der Waals surface area contributed by atoms with E-state index in [2.05, 4.69) is 10.6 Å². The fourth-order valence-electron chi connectivity index (χ4n) is 2.89. The summed E-state index contributed by atoms with van der Waals surface area (Å²) in [4.78, 5) is 24.9. The second-order valence-corrected chi connectivity index (χ2v) is 8.71. The van der Waals surface area contributed by atoms with E-state index in [0.717, 1.165) is 5.56 Å². The zero-order valence-electron chi connectivity index (χ0n) is 13.0. The zero-order valence-corrected chi connectivity index (χ0v) is 13.8. The molecule has 1 unspecified atom stereocenters. The van der Waals surface area contributed by atoms with Crippen LogP contribution in [-0.4, -0.2) is 37.8 Å². The maximum atomic E-state index is 12.5. The van der Waals surface area contributed by atoms with Crippen molar-refractivity contribution < 1.29 is 18.0 Å². The number of nitrogens with one attached hydrogen (secondary N) is 2. The first kappa shape index (κ1) is 16.0. The molecule has 0 spiro atoms. The molecule has 3 rings (SSSR count). The number of amides is 2. The SMILES string of the molecule is Cc1cccc(NC(=O)C2(C(=O)NC3CCS(=O)(=O)C3)CC2)c1. The third kappa shape index (κ3) is 3.39. The van der Waals surface area contributed by atoms with Crippen molar-refractivity contribution in [2.24, 2.45) is 5.41 Å². The quantitative estimate of drug-likeness (QED) is 0.803. The number of aryl methyl sites for hydroxylation is 1. The molecule has 6 nitrogen and oxygen atoms in total. The van der Waals surface area contributed by atoms with E-state index in [1.165, 1.54) is 0 Å². The third-order valence-corrected chi connectivity index (χ3v) is 6.23. The van der Waals surface area contributed by atoms with Crippen LogP contribution in [-0.2, 0) is 19.4 Å². The Morgan fingerprint density at radius 1 is 1.22 bits per heavy atom. The normalized spacial score (nSPS) is 24.0. The summed E-state index contributed by atoms with van der Waals surface area (Å²) in [7, 11) is -3.06. The van der Waals surface area contributed by atoms with Gasteiger partial charge in [0.15, 0.2) is 9.84 Å². The van der Waals surface area contributed by atoms with Crippen LogP contribution in [0.1, 0.15) is 24.8 Å². The summed E-state index contributed by atoms with van der Waals surface area (Å²) in [6.07, 6.45) is 1.41. The fourth-order valence-corrected chi connectivity index (χ4v) is 4.56. The predicted molar refractivity (Wildman–Crippen MR) is 86.7 cm³/mol. The van der Waals surface area contributed by atoms with E-state index in [9.17, 15) is 18.0 Å². The minimum Gasteiger partial charge on any atom is -0.351 e. The van der Waals surface area contributed by atoms with Gasteiger partial charge < -0.3 is 10.6 Å². The van der Waals surface area contributed by atoms with Crippen molar-refractivity contribution in [3.63, 3.8) is 0 Å². The highest BCUT2D eigenvalue weighted by molar-refractivity contribution is 7.91. The summed E-state index contributed by atoms with van der Waals surface area (Å²) >= 11 is 0. The van der Waals surface area contributed by atoms with Crippen LogP contribution < -0.4 is 10.6 Å². The lowest BCUT2D eigenvalue weighted by Gasteiger charge is -2.18. The maximum absolute atomic E-state index is 12.5. The van der Waals surface area contributed by atoms with Crippen LogP contribution in [0.25, 0.3) is 0 Å². The minimum absolute atomic E-state index is 0.0334. The highest BCUT2D eigenvalue weighted by atomic mass is 32.2. The average Bonchev–Trinajstić information content (AvgIpc) is 3.20. The Hall–Kier alpha value is -1.89. The van der Waals surface area contributed by atoms with Gasteiger partial charge in [0.1, 0.15) is 5.41 Å². The van der Waals surface area contributed by atoms with Gasteiger partial charge in [-0.1, -0.05) is 12.1 Å². The van der Waals surface area contributed by atoms with E-state index in [0.29, 0.717) is 24.9 Å². The number of rotatable bonds is 4. The Morgan fingerprint density at radius 3 is 2.52 bits per heavy atom. The highest BCUT2D eigenvalue weighted by Crippen LogP contribution is 2.47. The van der Waals surface area contributed by atoms with Gasteiger partial charge in [0.2, 0.25) is 11.8 Å². The predicted octanol–water partition coefficient (Wildman–Crippen LogP) is 1.02. The van der Waals surface area contributed by atoms with Gasteiger partial charge in [0.05, 0.1) is 11.5 Å². The second-order valence-electron chi connectivity index (χ2n) is 6.48. The molecule has 0 bridgehead atoms. The summed E-state index contributed by atoms with van der Waals surface area (Å²) in [6, 6.07) is 7.01.